The van der Waals surface area contributed by atoms with Gasteiger partial charge in [-0.25, -0.2) is 4.98 Å². The molecule has 0 atom stereocenters. The third kappa shape index (κ3) is 4.96. The first-order valence-corrected chi connectivity index (χ1v) is 12.9. The molecule has 0 saturated carbocycles. The molecule has 170 valence electrons. The fourth-order valence-corrected chi connectivity index (χ4v) is 5.97. The van der Waals surface area contributed by atoms with E-state index in [4.69, 9.17) is 28.2 Å². The Bertz CT molecular complexity index is 1380. The number of carbonyl (C=O) groups is 1. The Balaban J connectivity index is 1.70. The van der Waals surface area contributed by atoms with Crippen molar-refractivity contribution in [2.24, 2.45) is 0 Å². The van der Waals surface area contributed by atoms with E-state index in [2.05, 4.69) is 12.2 Å². The number of nitrogens with zero attached hydrogens (tertiary/aromatic N) is 2. The van der Waals surface area contributed by atoms with Gasteiger partial charge in [0.1, 0.15) is 4.83 Å². The van der Waals surface area contributed by atoms with E-state index in [1.807, 2.05) is 37.3 Å². The van der Waals surface area contributed by atoms with E-state index in [0.717, 1.165) is 18.4 Å². The summed E-state index contributed by atoms with van der Waals surface area (Å²) in [7, 11) is 0. The van der Waals surface area contributed by atoms with Gasteiger partial charge in [0.05, 0.1) is 32.6 Å². The first-order chi connectivity index (χ1) is 15.9. The summed E-state index contributed by atoms with van der Waals surface area (Å²) < 4.78 is 1.59. The number of carbonyl (C=O) groups excluding carboxylic acids is 1. The molecule has 0 saturated heterocycles. The Morgan fingerprint density at radius 2 is 1.91 bits per heavy atom. The number of benzene rings is 2. The minimum atomic E-state index is -0.271. The maximum atomic E-state index is 13.6. The molecule has 9 heteroatoms. The van der Waals surface area contributed by atoms with Gasteiger partial charge >= 0.3 is 0 Å². The number of thiophene rings is 1. The van der Waals surface area contributed by atoms with Crippen molar-refractivity contribution in [1.29, 1.82) is 0 Å². The molecule has 0 spiro atoms. The molecule has 4 rings (SSSR count). The van der Waals surface area contributed by atoms with Crippen LogP contribution >= 0.6 is 46.3 Å². The molecule has 33 heavy (non-hydrogen) atoms. The zero-order valence-electron chi connectivity index (χ0n) is 18.0. The van der Waals surface area contributed by atoms with E-state index in [1.165, 1.54) is 16.6 Å². The molecular weight excluding hydrogens is 497 g/mol. The molecule has 0 aliphatic carbocycles. The van der Waals surface area contributed by atoms with Gasteiger partial charge in [0.2, 0.25) is 5.91 Å². The quantitative estimate of drug-likeness (QED) is 0.217. The van der Waals surface area contributed by atoms with Crippen LogP contribution in [0.15, 0.2) is 58.5 Å². The summed E-state index contributed by atoms with van der Waals surface area (Å²) in [4.78, 5) is 32.9. The maximum Gasteiger partial charge on any atom is 0.267 e. The lowest BCUT2D eigenvalue weighted by molar-refractivity contribution is -0.113. The van der Waals surface area contributed by atoms with Gasteiger partial charge in [-0.3, -0.25) is 14.2 Å². The van der Waals surface area contributed by atoms with Gasteiger partial charge in [-0.2, -0.15) is 0 Å². The SMILES string of the molecule is CCCc1sc2nc(SCC(=O)Nc3cccc(Cl)c3Cl)n(-c3ccccc3)c(=O)c2c1C. The van der Waals surface area contributed by atoms with Gasteiger partial charge in [0.25, 0.3) is 5.56 Å². The van der Waals surface area contributed by atoms with Crippen molar-refractivity contribution in [3.63, 3.8) is 0 Å². The first-order valence-electron chi connectivity index (χ1n) is 10.4. The monoisotopic (exact) mass is 517 g/mol. The zero-order chi connectivity index (χ0) is 23.5. The summed E-state index contributed by atoms with van der Waals surface area (Å²) in [5, 5.41) is 4.54. The molecule has 0 fully saturated rings. The molecule has 4 aromatic rings. The number of fused-ring (bicyclic) bond motifs is 1. The summed E-state index contributed by atoms with van der Waals surface area (Å²) >= 11 is 15.0. The Morgan fingerprint density at radius 1 is 1.15 bits per heavy atom. The number of para-hydroxylation sites is 1. The second-order valence-corrected chi connectivity index (χ2v) is 10.2. The van der Waals surface area contributed by atoms with E-state index < -0.39 is 0 Å². The van der Waals surface area contributed by atoms with Crippen molar-refractivity contribution in [2.45, 2.75) is 31.8 Å². The molecule has 2 heterocycles. The van der Waals surface area contributed by atoms with Gasteiger partial charge in [-0.05, 0) is 43.2 Å². The Morgan fingerprint density at radius 3 is 2.64 bits per heavy atom. The highest BCUT2D eigenvalue weighted by molar-refractivity contribution is 7.99. The van der Waals surface area contributed by atoms with E-state index in [9.17, 15) is 9.59 Å². The summed E-state index contributed by atoms with van der Waals surface area (Å²) in [6.07, 6.45) is 1.90. The average molecular weight is 518 g/mol. The van der Waals surface area contributed by atoms with Crippen molar-refractivity contribution < 1.29 is 4.79 Å². The number of hydrogen-bond donors (Lipinski definition) is 1. The van der Waals surface area contributed by atoms with Gasteiger partial charge in [0.15, 0.2) is 5.16 Å². The normalized spacial score (nSPS) is 11.2. The lowest BCUT2D eigenvalue weighted by atomic mass is 10.1. The molecule has 0 unspecified atom stereocenters. The van der Waals surface area contributed by atoms with Crippen molar-refractivity contribution >= 4 is 68.1 Å². The standard InChI is InChI=1S/C24H21Cl2N3O2S2/c1-3-8-18-14(2)20-22(33-18)28-24(29(23(20)31)15-9-5-4-6-10-15)32-13-19(30)27-17-12-7-11-16(25)21(17)26/h4-7,9-12H,3,8,13H2,1-2H3,(H,27,30). The molecule has 0 bridgehead atoms. The van der Waals surface area contributed by atoms with Crippen LogP contribution in [0, 0.1) is 6.92 Å². The third-order valence-electron chi connectivity index (χ3n) is 5.08. The number of aryl methyl sites for hydroxylation is 2. The highest BCUT2D eigenvalue weighted by Crippen LogP contribution is 2.32. The van der Waals surface area contributed by atoms with Crippen LogP contribution in [-0.2, 0) is 11.2 Å². The number of amides is 1. The van der Waals surface area contributed by atoms with E-state index in [1.54, 1.807) is 34.1 Å². The van der Waals surface area contributed by atoms with Crippen LogP contribution in [-0.4, -0.2) is 21.2 Å². The van der Waals surface area contributed by atoms with Crippen LogP contribution < -0.4 is 10.9 Å². The largest absolute Gasteiger partial charge is 0.324 e. The highest BCUT2D eigenvalue weighted by atomic mass is 35.5. The van der Waals surface area contributed by atoms with E-state index in [-0.39, 0.29) is 22.2 Å². The van der Waals surface area contributed by atoms with Gasteiger partial charge in [0, 0.05) is 4.88 Å². The van der Waals surface area contributed by atoms with Crippen molar-refractivity contribution in [1.82, 2.24) is 9.55 Å². The lowest BCUT2D eigenvalue weighted by Gasteiger charge is -2.12. The fourth-order valence-electron chi connectivity index (χ4n) is 3.49. The number of halogens is 2. The summed E-state index contributed by atoms with van der Waals surface area (Å²) in [5.41, 5.74) is 2.02. The number of thioether (sulfide) groups is 1. The summed E-state index contributed by atoms with van der Waals surface area (Å²) in [6, 6.07) is 14.4. The Labute approximate surface area is 209 Å². The number of hydrogen-bond acceptors (Lipinski definition) is 5. The minimum absolute atomic E-state index is 0.0554. The van der Waals surface area contributed by atoms with Crippen molar-refractivity contribution in [2.75, 3.05) is 11.1 Å². The predicted molar refractivity (Wildman–Crippen MR) is 140 cm³/mol. The molecule has 2 aromatic heterocycles. The molecule has 0 aliphatic heterocycles. The Hall–Kier alpha value is -2.32. The van der Waals surface area contributed by atoms with Crippen molar-refractivity contribution in [3.8, 4) is 5.69 Å². The van der Waals surface area contributed by atoms with Crippen LogP contribution in [0.4, 0.5) is 5.69 Å². The predicted octanol–water partition coefficient (Wildman–Crippen LogP) is 6.75. The molecule has 1 amide bonds. The van der Waals surface area contributed by atoms with Crippen LogP contribution in [0.1, 0.15) is 23.8 Å². The average Bonchev–Trinajstić information content (AvgIpc) is 3.11. The molecule has 0 radical (unpaired) electrons. The number of anilines is 1. The van der Waals surface area contributed by atoms with Crippen LogP contribution in [0.25, 0.3) is 15.9 Å². The number of rotatable bonds is 7. The van der Waals surface area contributed by atoms with Gasteiger partial charge in [-0.15, -0.1) is 11.3 Å². The van der Waals surface area contributed by atoms with Crippen LogP contribution in [0.2, 0.25) is 10.0 Å². The van der Waals surface area contributed by atoms with Crippen LogP contribution in [0.5, 0.6) is 0 Å². The first kappa shape index (κ1) is 23.8. The lowest BCUT2D eigenvalue weighted by Crippen LogP contribution is -2.22. The minimum Gasteiger partial charge on any atom is -0.324 e. The maximum absolute atomic E-state index is 13.6. The van der Waals surface area contributed by atoms with Crippen molar-refractivity contribution in [3.05, 3.63) is 79.4 Å². The number of nitrogens with one attached hydrogen (secondary N) is 1. The zero-order valence-corrected chi connectivity index (χ0v) is 21.2. The van der Waals surface area contributed by atoms with Crippen LogP contribution in [0.3, 0.4) is 0 Å². The summed E-state index contributed by atoms with van der Waals surface area (Å²) in [6.45, 7) is 4.10. The molecule has 0 aliphatic rings. The fraction of sp³-hybridized carbons (Fsp3) is 0.208. The topological polar surface area (TPSA) is 64.0 Å². The molecule has 5 nitrogen and oxygen atoms in total. The molecule has 2 aromatic carbocycles. The number of aromatic nitrogens is 2. The van der Waals surface area contributed by atoms with Gasteiger partial charge < -0.3 is 5.32 Å². The Kier molecular flexibility index (Phi) is 7.44. The summed E-state index contributed by atoms with van der Waals surface area (Å²) in [5.74, 6) is -0.216. The van der Waals surface area contributed by atoms with Gasteiger partial charge in [-0.1, -0.05) is 72.6 Å². The van der Waals surface area contributed by atoms with E-state index in [0.29, 0.717) is 31.8 Å². The second-order valence-electron chi connectivity index (χ2n) is 7.39. The second kappa shape index (κ2) is 10.3. The third-order valence-corrected chi connectivity index (χ3v) is 8.08. The van der Waals surface area contributed by atoms with E-state index >= 15 is 0 Å². The highest BCUT2D eigenvalue weighted by Gasteiger charge is 2.20. The smallest absolute Gasteiger partial charge is 0.267 e. The molecular formula is C24H21Cl2N3O2S2. The molecule has 1 N–H and O–H groups in total.